The highest BCUT2D eigenvalue weighted by Crippen LogP contribution is 2.40. The van der Waals surface area contributed by atoms with Crippen LogP contribution in [-0.4, -0.2) is 44.3 Å². The maximum Gasteiger partial charge on any atom is 0.322 e. The summed E-state index contributed by atoms with van der Waals surface area (Å²) in [5.41, 5.74) is 5.70. The first kappa shape index (κ1) is 25.0. The van der Waals surface area contributed by atoms with Crippen molar-refractivity contribution < 1.29 is 27.1 Å². The van der Waals surface area contributed by atoms with Gasteiger partial charge in [0.25, 0.3) is 0 Å². The van der Waals surface area contributed by atoms with Crippen LogP contribution in [0.1, 0.15) is 19.5 Å². The summed E-state index contributed by atoms with van der Waals surface area (Å²) in [7, 11) is -3.48. The molecular weight excluding hydrogens is 467 g/mol. The fourth-order valence-electron chi connectivity index (χ4n) is 2.35. The lowest BCUT2D eigenvalue weighted by atomic mass is 10.2. The average molecular weight is 491 g/mol. The standard InChI is InChI=1S/C18H23FN4O5S3/c1-10(2)9-28-14-7-11(19)5-6-13(14)23(16(25)15(20)24)18-22-12(17(29-3)30-18)8-21-31(4,26)27/h5-7,10,21H,8-9H2,1-4H3,(H2,20,24). The molecule has 0 fully saturated rings. The van der Waals surface area contributed by atoms with Crippen LogP contribution in [0.3, 0.4) is 0 Å². The molecule has 1 aromatic carbocycles. The molecule has 0 aliphatic rings. The molecule has 170 valence electrons. The summed E-state index contributed by atoms with van der Waals surface area (Å²) in [5, 5.41) is 0.0689. The van der Waals surface area contributed by atoms with E-state index in [4.69, 9.17) is 10.5 Å². The predicted octanol–water partition coefficient (Wildman–Crippen LogP) is 2.24. The molecule has 0 saturated carbocycles. The number of nitrogens with zero attached hydrogens (tertiary/aromatic N) is 2. The molecule has 1 heterocycles. The monoisotopic (exact) mass is 490 g/mol. The second kappa shape index (κ2) is 10.4. The summed E-state index contributed by atoms with van der Waals surface area (Å²) < 4.78 is 45.4. The molecule has 0 radical (unpaired) electrons. The van der Waals surface area contributed by atoms with Crippen LogP contribution >= 0.6 is 23.1 Å². The van der Waals surface area contributed by atoms with Crippen molar-refractivity contribution in [2.24, 2.45) is 11.7 Å². The van der Waals surface area contributed by atoms with E-state index in [-0.39, 0.29) is 35.6 Å². The normalized spacial score (nSPS) is 11.5. The molecule has 1 aromatic heterocycles. The quantitative estimate of drug-likeness (QED) is 0.407. The number of primary amides is 1. The number of nitrogens with one attached hydrogen (secondary N) is 1. The number of carbonyl (C=O) groups excluding carboxylic acids is 2. The Balaban J connectivity index is 2.58. The number of ether oxygens (including phenoxy) is 1. The molecule has 0 saturated heterocycles. The average Bonchev–Trinajstić information content (AvgIpc) is 3.08. The summed E-state index contributed by atoms with van der Waals surface area (Å²) >= 11 is 2.36. The number of rotatable bonds is 9. The van der Waals surface area contributed by atoms with Gasteiger partial charge in [-0.2, -0.15) is 0 Å². The molecule has 2 aromatic rings. The van der Waals surface area contributed by atoms with Crippen LogP contribution in [0.5, 0.6) is 5.75 Å². The molecule has 2 amide bonds. The van der Waals surface area contributed by atoms with E-state index in [9.17, 15) is 22.4 Å². The van der Waals surface area contributed by atoms with Crippen LogP contribution in [0.25, 0.3) is 0 Å². The smallest absolute Gasteiger partial charge is 0.322 e. The molecule has 31 heavy (non-hydrogen) atoms. The second-order valence-electron chi connectivity index (χ2n) is 6.85. The molecule has 3 N–H and O–H groups in total. The van der Waals surface area contributed by atoms with Crippen LogP contribution in [0, 0.1) is 11.7 Å². The van der Waals surface area contributed by atoms with Gasteiger partial charge in [0.1, 0.15) is 11.6 Å². The van der Waals surface area contributed by atoms with Gasteiger partial charge in [-0.3, -0.25) is 9.59 Å². The number of hydrogen-bond acceptors (Lipinski definition) is 8. The van der Waals surface area contributed by atoms with Crippen molar-refractivity contribution in [1.29, 1.82) is 0 Å². The summed E-state index contributed by atoms with van der Waals surface area (Å²) in [5.74, 6) is -2.76. The number of amides is 2. The van der Waals surface area contributed by atoms with Gasteiger partial charge in [-0.15, -0.1) is 11.8 Å². The second-order valence-corrected chi connectivity index (χ2v) is 10.7. The Morgan fingerprint density at radius 2 is 2.06 bits per heavy atom. The van der Waals surface area contributed by atoms with Crippen molar-refractivity contribution in [3.63, 3.8) is 0 Å². The minimum absolute atomic E-state index is 0.0417. The van der Waals surface area contributed by atoms with Gasteiger partial charge in [-0.1, -0.05) is 25.2 Å². The maximum absolute atomic E-state index is 13.9. The minimum atomic E-state index is -3.48. The van der Waals surface area contributed by atoms with Gasteiger partial charge >= 0.3 is 11.8 Å². The number of aromatic nitrogens is 1. The van der Waals surface area contributed by atoms with E-state index in [1.165, 1.54) is 17.8 Å². The third kappa shape index (κ3) is 6.89. The molecular formula is C18H23FN4O5S3. The fourth-order valence-corrected chi connectivity index (χ4v) is 4.49. The van der Waals surface area contributed by atoms with Crippen molar-refractivity contribution in [2.45, 2.75) is 24.6 Å². The van der Waals surface area contributed by atoms with Crippen LogP contribution in [0.2, 0.25) is 0 Å². The van der Waals surface area contributed by atoms with Crippen molar-refractivity contribution in [1.82, 2.24) is 9.71 Å². The Morgan fingerprint density at radius 1 is 1.39 bits per heavy atom. The molecule has 13 heteroatoms. The van der Waals surface area contributed by atoms with Crippen LogP contribution < -0.4 is 20.1 Å². The van der Waals surface area contributed by atoms with E-state index in [0.29, 0.717) is 9.90 Å². The van der Waals surface area contributed by atoms with Crippen molar-refractivity contribution in [3.05, 3.63) is 29.7 Å². The van der Waals surface area contributed by atoms with Crippen molar-refractivity contribution in [2.75, 3.05) is 24.0 Å². The molecule has 0 aliphatic carbocycles. The Hall–Kier alpha value is -2.22. The molecule has 0 aliphatic heterocycles. The van der Waals surface area contributed by atoms with E-state index < -0.39 is 27.7 Å². The maximum atomic E-state index is 13.9. The van der Waals surface area contributed by atoms with E-state index in [1.54, 1.807) is 6.26 Å². The number of thiazole rings is 1. The highest BCUT2D eigenvalue weighted by atomic mass is 32.2. The molecule has 0 spiro atoms. The fraction of sp³-hybridized carbons (Fsp3) is 0.389. The Morgan fingerprint density at radius 3 is 2.61 bits per heavy atom. The molecule has 9 nitrogen and oxygen atoms in total. The van der Waals surface area contributed by atoms with Gasteiger partial charge in [-0.05, 0) is 24.3 Å². The van der Waals surface area contributed by atoms with Crippen molar-refractivity contribution >= 4 is 55.8 Å². The minimum Gasteiger partial charge on any atom is -0.491 e. The van der Waals surface area contributed by atoms with E-state index in [2.05, 4.69) is 9.71 Å². The molecule has 0 unspecified atom stereocenters. The lowest BCUT2D eigenvalue weighted by Gasteiger charge is -2.22. The molecule has 0 atom stereocenters. The number of benzene rings is 1. The molecule has 2 rings (SSSR count). The lowest BCUT2D eigenvalue weighted by Crippen LogP contribution is -2.37. The van der Waals surface area contributed by atoms with Crippen LogP contribution in [0.15, 0.2) is 22.4 Å². The summed E-state index contributed by atoms with van der Waals surface area (Å²) in [4.78, 5) is 29.7. The Kier molecular flexibility index (Phi) is 8.40. The van der Waals surface area contributed by atoms with Gasteiger partial charge in [0, 0.05) is 6.07 Å². The third-order valence-electron chi connectivity index (χ3n) is 3.68. The zero-order chi connectivity index (χ0) is 23.3. The number of hydrogen-bond donors (Lipinski definition) is 2. The zero-order valence-electron chi connectivity index (χ0n) is 17.3. The summed E-state index contributed by atoms with van der Waals surface area (Å²) in [6, 6.07) is 3.52. The predicted molar refractivity (Wildman–Crippen MR) is 119 cm³/mol. The van der Waals surface area contributed by atoms with Crippen LogP contribution in [-0.2, 0) is 26.2 Å². The number of carbonyl (C=O) groups is 2. The van der Waals surface area contributed by atoms with Gasteiger partial charge in [0.2, 0.25) is 10.0 Å². The Labute approximate surface area is 188 Å². The highest BCUT2D eigenvalue weighted by molar-refractivity contribution is 8.00. The molecule has 0 bridgehead atoms. The number of halogens is 1. The number of thioether (sulfide) groups is 1. The summed E-state index contributed by atoms with van der Waals surface area (Å²) in [6.45, 7) is 3.94. The first-order chi connectivity index (χ1) is 14.4. The number of sulfonamides is 1. The van der Waals surface area contributed by atoms with Gasteiger partial charge in [0.05, 0.1) is 35.0 Å². The SMILES string of the molecule is CSc1sc(N(C(=O)C(N)=O)c2ccc(F)cc2OCC(C)C)nc1CNS(C)(=O)=O. The lowest BCUT2D eigenvalue weighted by molar-refractivity contribution is -0.135. The first-order valence-electron chi connectivity index (χ1n) is 8.97. The third-order valence-corrected chi connectivity index (χ3v) is 6.58. The van der Waals surface area contributed by atoms with E-state index in [0.717, 1.165) is 34.6 Å². The van der Waals surface area contributed by atoms with E-state index >= 15 is 0 Å². The number of anilines is 2. The van der Waals surface area contributed by atoms with E-state index in [1.807, 2.05) is 13.8 Å². The highest BCUT2D eigenvalue weighted by Gasteiger charge is 2.30. The zero-order valence-corrected chi connectivity index (χ0v) is 19.8. The Bertz CT molecular complexity index is 1070. The largest absolute Gasteiger partial charge is 0.491 e. The van der Waals surface area contributed by atoms with Gasteiger partial charge in [-0.25, -0.2) is 27.4 Å². The summed E-state index contributed by atoms with van der Waals surface area (Å²) in [6.07, 6.45) is 2.77. The topological polar surface area (TPSA) is 132 Å². The van der Waals surface area contributed by atoms with Crippen LogP contribution in [0.4, 0.5) is 15.2 Å². The van der Waals surface area contributed by atoms with Crippen molar-refractivity contribution in [3.8, 4) is 5.75 Å². The first-order valence-corrected chi connectivity index (χ1v) is 12.9. The number of nitrogens with two attached hydrogens (primary N) is 1. The van der Waals surface area contributed by atoms with Gasteiger partial charge in [0.15, 0.2) is 5.13 Å². The van der Waals surface area contributed by atoms with Gasteiger partial charge < -0.3 is 10.5 Å².